The van der Waals surface area contributed by atoms with E-state index in [1.807, 2.05) is 0 Å². The van der Waals surface area contributed by atoms with Crippen LogP contribution in [0.5, 0.6) is 0 Å². The molecule has 0 fully saturated rings. The number of aliphatic hydroxyl groups excluding tert-OH is 2. The summed E-state index contributed by atoms with van der Waals surface area (Å²) in [6.07, 6.45) is -0.218. The number of rotatable bonds is 14. The number of nitrogens with two attached hydrogens (primary N) is 2. The van der Waals surface area contributed by atoms with Crippen LogP contribution >= 0.6 is 0 Å². The standard InChI is InChI=1S/C18H35N5O7/c1-9(2)13(20)17(28)22-12(8-24)16(27)21-11(6-4-5-7-19)15(26)23-14(10(3)25)18(29)30/h9-14,24-25H,4-8,19-20H2,1-3H3,(H,21,27)(H,22,28)(H,23,26)(H,29,30). The Hall–Kier alpha value is -2.28. The molecule has 0 aliphatic rings. The molecule has 12 heteroatoms. The van der Waals surface area contributed by atoms with E-state index < -0.39 is 60.6 Å². The van der Waals surface area contributed by atoms with Crippen LogP contribution in [-0.4, -0.2) is 82.4 Å². The molecule has 12 nitrogen and oxygen atoms in total. The Bertz CT molecular complexity index is 585. The average Bonchev–Trinajstić information content (AvgIpc) is 2.67. The van der Waals surface area contributed by atoms with Gasteiger partial charge >= 0.3 is 5.97 Å². The van der Waals surface area contributed by atoms with Gasteiger partial charge in [0.25, 0.3) is 0 Å². The number of unbranched alkanes of at least 4 members (excludes halogenated alkanes) is 1. The Kier molecular flexibility index (Phi) is 12.8. The van der Waals surface area contributed by atoms with Crippen molar-refractivity contribution in [2.24, 2.45) is 17.4 Å². The molecule has 174 valence electrons. The summed E-state index contributed by atoms with van der Waals surface area (Å²) in [4.78, 5) is 48.3. The fraction of sp³-hybridized carbons (Fsp3) is 0.778. The molecular formula is C18H35N5O7. The minimum absolute atomic E-state index is 0.137. The van der Waals surface area contributed by atoms with Crippen LogP contribution < -0.4 is 27.4 Å². The first-order valence-corrected chi connectivity index (χ1v) is 9.84. The second-order valence-corrected chi connectivity index (χ2v) is 7.42. The third-order valence-corrected chi connectivity index (χ3v) is 4.46. The molecule has 0 rings (SSSR count). The van der Waals surface area contributed by atoms with Gasteiger partial charge in [0.05, 0.1) is 18.8 Å². The highest BCUT2D eigenvalue weighted by atomic mass is 16.4. The monoisotopic (exact) mass is 433 g/mol. The molecule has 30 heavy (non-hydrogen) atoms. The molecule has 0 radical (unpaired) electrons. The van der Waals surface area contributed by atoms with Gasteiger partial charge in [0, 0.05) is 0 Å². The van der Waals surface area contributed by atoms with E-state index in [2.05, 4.69) is 16.0 Å². The van der Waals surface area contributed by atoms with E-state index in [9.17, 15) is 29.4 Å². The minimum atomic E-state index is -1.57. The van der Waals surface area contributed by atoms with Crippen LogP contribution in [0.25, 0.3) is 0 Å². The van der Waals surface area contributed by atoms with Crippen molar-refractivity contribution in [3.8, 4) is 0 Å². The van der Waals surface area contributed by atoms with Crippen LogP contribution in [0, 0.1) is 5.92 Å². The first kappa shape index (κ1) is 27.7. The summed E-state index contributed by atoms with van der Waals surface area (Å²) >= 11 is 0. The molecule has 0 aromatic heterocycles. The molecule has 0 aromatic carbocycles. The van der Waals surface area contributed by atoms with E-state index in [0.717, 1.165) is 0 Å². The number of carbonyl (C=O) groups excluding carboxylic acids is 3. The zero-order chi connectivity index (χ0) is 23.4. The molecule has 0 heterocycles. The molecule has 0 aromatic rings. The van der Waals surface area contributed by atoms with Crippen molar-refractivity contribution in [3.63, 3.8) is 0 Å². The Labute approximate surface area is 175 Å². The second-order valence-electron chi connectivity index (χ2n) is 7.42. The highest BCUT2D eigenvalue weighted by molar-refractivity contribution is 5.94. The van der Waals surface area contributed by atoms with Crippen molar-refractivity contribution in [3.05, 3.63) is 0 Å². The highest BCUT2D eigenvalue weighted by Crippen LogP contribution is 2.04. The lowest BCUT2D eigenvalue weighted by molar-refractivity contribution is -0.145. The van der Waals surface area contributed by atoms with Crippen molar-refractivity contribution in [2.75, 3.05) is 13.2 Å². The van der Waals surface area contributed by atoms with Crippen LogP contribution in [0.3, 0.4) is 0 Å². The Morgan fingerprint density at radius 3 is 1.87 bits per heavy atom. The SMILES string of the molecule is CC(C)C(N)C(=O)NC(CO)C(=O)NC(CCCCN)C(=O)NC(C(=O)O)C(C)O. The van der Waals surface area contributed by atoms with Gasteiger partial charge < -0.3 is 42.7 Å². The normalized spacial score (nSPS) is 16.1. The summed E-state index contributed by atoms with van der Waals surface area (Å²) in [5, 5.41) is 35.0. The van der Waals surface area contributed by atoms with Crippen molar-refractivity contribution >= 4 is 23.7 Å². The maximum atomic E-state index is 12.5. The van der Waals surface area contributed by atoms with E-state index in [-0.39, 0.29) is 12.3 Å². The number of nitrogens with one attached hydrogen (secondary N) is 3. The van der Waals surface area contributed by atoms with Gasteiger partial charge in [0.1, 0.15) is 12.1 Å². The molecule has 0 aliphatic heterocycles. The van der Waals surface area contributed by atoms with Crippen LogP contribution in [0.15, 0.2) is 0 Å². The lowest BCUT2D eigenvalue weighted by atomic mass is 10.0. The third-order valence-electron chi connectivity index (χ3n) is 4.46. The van der Waals surface area contributed by atoms with Gasteiger partial charge in [0.15, 0.2) is 6.04 Å². The molecule has 5 unspecified atom stereocenters. The molecule has 5 atom stereocenters. The van der Waals surface area contributed by atoms with Gasteiger partial charge in [-0.2, -0.15) is 0 Å². The first-order chi connectivity index (χ1) is 14.0. The summed E-state index contributed by atoms with van der Waals surface area (Å²) < 4.78 is 0. The maximum Gasteiger partial charge on any atom is 0.328 e. The quantitative estimate of drug-likeness (QED) is 0.131. The van der Waals surface area contributed by atoms with Crippen LogP contribution in [0.2, 0.25) is 0 Å². The maximum absolute atomic E-state index is 12.5. The number of hydrogen-bond donors (Lipinski definition) is 8. The predicted molar refractivity (Wildman–Crippen MR) is 108 cm³/mol. The summed E-state index contributed by atoms with van der Waals surface area (Å²) in [5.74, 6) is -3.93. The molecular weight excluding hydrogens is 398 g/mol. The van der Waals surface area contributed by atoms with E-state index >= 15 is 0 Å². The summed E-state index contributed by atoms with van der Waals surface area (Å²) in [6.45, 7) is 4.27. The van der Waals surface area contributed by atoms with Crippen molar-refractivity contribution in [2.45, 2.75) is 70.3 Å². The van der Waals surface area contributed by atoms with Crippen molar-refractivity contribution in [1.29, 1.82) is 0 Å². The summed E-state index contributed by atoms with van der Waals surface area (Å²) in [7, 11) is 0. The third kappa shape index (κ3) is 9.48. The lowest BCUT2D eigenvalue weighted by Crippen LogP contribution is -2.59. The fourth-order valence-corrected chi connectivity index (χ4v) is 2.44. The first-order valence-electron chi connectivity index (χ1n) is 9.84. The molecule has 0 aliphatic carbocycles. The number of carbonyl (C=O) groups is 4. The number of carboxylic acid groups (broad SMARTS) is 1. The van der Waals surface area contributed by atoms with E-state index in [0.29, 0.717) is 19.4 Å². The van der Waals surface area contributed by atoms with E-state index in [1.165, 1.54) is 6.92 Å². The summed E-state index contributed by atoms with van der Waals surface area (Å²) in [6, 6.07) is -4.96. The lowest BCUT2D eigenvalue weighted by Gasteiger charge is -2.25. The van der Waals surface area contributed by atoms with Gasteiger partial charge in [-0.3, -0.25) is 14.4 Å². The Morgan fingerprint density at radius 1 is 0.900 bits per heavy atom. The van der Waals surface area contributed by atoms with Crippen molar-refractivity contribution < 1.29 is 34.5 Å². The van der Waals surface area contributed by atoms with Gasteiger partial charge in [-0.05, 0) is 38.6 Å². The zero-order valence-corrected chi connectivity index (χ0v) is 17.6. The van der Waals surface area contributed by atoms with Gasteiger partial charge in [-0.15, -0.1) is 0 Å². The largest absolute Gasteiger partial charge is 0.480 e. The zero-order valence-electron chi connectivity index (χ0n) is 17.6. The smallest absolute Gasteiger partial charge is 0.328 e. The number of hydrogen-bond acceptors (Lipinski definition) is 8. The number of aliphatic hydroxyl groups is 2. The Morgan fingerprint density at radius 2 is 1.43 bits per heavy atom. The Balaban J connectivity index is 5.27. The van der Waals surface area contributed by atoms with E-state index in [1.54, 1.807) is 13.8 Å². The topological polar surface area (TPSA) is 217 Å². The second kappa shape index (κ2) is 13.9. The predicted octanol–water partition coefficient (Wildman–Crippen LogP) is -2.99. The molecule has 0 saturated heterocycles. The van der Waals surface area contributed by atoms with Crippen molar-refractivity contribution in [1.82, 2.24) is 16.0 Å². The fourth-order valence-electron chi connectivity index (χ4n) is 2.44. The molecule has 10 N–H and O–H groups in total. The minimum Gasteiger partial charge on any atom is -0.480 e. The number of amides is 3. The average molecular weight is 434 g/mol. The number of aliphatic carboxylic acids is 1. The highest BCUT2D eigenvalue weighted by Gasteiger charge is 2.31. The number of carboxylic acids is 1. The van der Waals surface area contributed by atoms with Gasteiger partial charge in [0.2, 0.25) is 17.7 Å². The molecule has 0 saturated carbocycles. The van der Waals surface area contributed by atoms with Gasteiger partial charge in [-0.25, -0.2) is 4.79 Å². The molecule has 0 bridgehead atoms. The summed E-state index contributed by atoms with van der Waals surface area (Å²) in [5.41, 5.74) is 11.2. The molecule has 3 amide bonds. The van der Waals surface area contributed by atoms with Crippen LogP contribution in [-0.2, 0) is 19.2 Å². The van der Waals surface area contributed by atoms with Crippen LogP contribution in [0.4, 0.5) is 0 Å². The van der Waals surface area contributed by atoms with E-state index in [4.69, 9.17) is 16.6 Å². The van der Waals surface area contributed by atoms with Gasteiger partial charge in [-0.1, -0.05) is 13.8 Å². The molecule has 0 spiro atoms. The van der Waals surface area contributed by atoms with Crippen LogP contribution in [0.1, 0.15) is 40.0 Å².